The van der Waals surface area contributed by atoms with Crippen LogP contribution in [0.2, 0.25) is 0 Å². The molecule has 0 saturated carbocycles. The second kappa shape index (κ2) is 9.97. The molecule has 10 rings (SSSR count). The van der Waals surface area contributed by atoms with Crippen molar-refractivity contribution in [3.63, 3.8) is 0 Å². The number of hydrogen-bond acceptors (Lipinski definition) is 2. The van der Waals surface area contributed by atoms with E-state index in [2.05, 4.69) is 170 Å². The van der Waals surface area contributed by atoms with Gasteiger partial charge in [-0.2, -0.15) is 0 Å². The summed E-state index contributed by atoms with van der Waals surface area (Å²) in [7, 11) is 0. The number of fused-ring (bicyclic) bond motifs is 8. The number of nitrogens with zero attached hydrogens (tertiary/aromatic N) is 3. The van der Waals surface area contributed by atoms with Crippen molar-refractivity contribution in [2.45, 2.75) is 19.3 Å². The maximum absolute atomic E-state index is 5.50. The molecule has 9 aromatic rings. The molecule has 0 aliphatic heterocycles. The molecule has 3 heteroatoms. The summed E-state index contributed by atoms with van der Waals surface area (Å²) in [6.45, 7) is 4.65. The Bertz CT molecular complexity index is 2750. The normalized spacial score (nSPS) is 13.4. The Kier molecular flexibility index (Phi) is 5.63. The van der Waals surface area contributed by atoms with Gasteiger partial charge in [0, 0.05) is 27.1 Å². The summed E-state index contributed by atoms with van der Waals surface area (Å²) in [6.07, 6.45) is 0. The van der Waals surface area contributed by atoms with Gasteiger partial charge in [-0.05, 0) is 80.6 Å². The van der Waals surface area contributed by atoms with Crippen LogP contribution >= 0.6 is 0 Å². The highest BCUT2D eigenvalue weighted by Crippen LogP contribution is 2.50. The van der Waals surface area contributed by atoms with Crippen LogP contribution in [0.1, 0.15) is 25.0 Å². The van der Waals surface area contributed by atoms with Crippen molar-refractivity contribution >= 4 is 43.5 Å². The summed E-state index contributed by atoms with van der Waals surface area (Å²) < 4.78 is 2.25. The number of benzene rings is 7. The zero-order valence-electron chi connectivity index (χ0n) is 26.8. The molecule has 0 atom stereocenters. The number of aromatic nitrogens is 3. The lowest BCUT2D eigenvalue weighted by Crippen LogP contribution is -2.14. The molecule has 0 saturated heterocycles. The molecule has 2 heterocycles. The fraction of sp³-hybridized carbons (Fsp3) is 0.0667. The van der Waals surface area contributed by atoms with Gasteiger partial charge in [-0.3, -0.25) is 4.57 Å². The highest BCUT2D eigenvalue weighted by atomic mass is 15.2. The van der Waals surface area contributed by atoms with E-state index in [4.69, 9.17) is 9.97 Å². The van der Waals surface area contributed by atoms with Gasteiger partial charge in [0.25, 0.3) is 0 Å². The highest BCUT2D eigenvalue weighted by Gasteiger charge is 2.35. The molecule has 2 aromatic heterocycles. The zero-order chi connectivity index (χ0) is 32.0. The molecule has 1 aliphatic rings. The third kappa shape index (κ3) is 3.88. The first-order chi connectivity index (χ1) is 23.5. The molecule has 0 radical (unpaired) electrons. The van der Waals surface area contributed by atoms with Crippen molar-refractivity contribution in [3.05, 3.63) is 163 Å². The van der Waals surface area contributed by atoms with Crippen LogP contribution in [0, 0.1) is 0 Å². The number of rotatable bonds is 3. The van der Waals surface area contributed by atoms with Crippen molar-refractivity contribution in [3.8, 4) is 39.5 Å². The van der Waals surface area contributed by atoms with Gasteiger partial charge in [-0.1, -0.05) is 129 Å². The monoisotopic (exact) mass is 613 g/mol. The quantitative estimate of drug-likeness (QED) is 0.198. The van der Waals surface area contributed by atoms with Crippen LogP contribution in [0.3, 0.4) is 0 Å². The van der Waals surface area contributed by atoms with Gasteiger partial charge in [0.05, 0.1) is 22.2 Å². The van der Waals surface area contributed by atoms with E-state index < -0.39 is 0 Å². The summed E-state index contributed by atoms with van der Waals surface area (Å²) in [5.41, 5.74) is 12.7. The second-order valence-electron chi connectivity index (χ2n) is 13.5. The van der Waals surface area contributed by atoms with Crippen LogP contribution in [0.5, 0.6) is 0 Å². The maximum atomic E-state index is 5.50. The van der Waals surface area contributed by atoms with Gasteiger partial charge in [-0.25, -0.2) is 9.97 Å². The average Bonchev–Trinajstić information content (AvgIpc) is 3.58. The lowest BCUT2D eigenvalue weighted by atomic mass is 9.82. The summed E-state index contributed by atoms with van der Waals surface area (Å²) >= 11 is 0. The Balaban J connectivity index is 1.28. The van der Waals surface area contributed by atoms with Gasteiger partial charge in [-0.15, -0.1) is 0 Å². The third-order valence-electron chi connectivity index (χ3n) is 10.4. The second-order valence-corrected chi connectivity index (χ2v) is 13.5. The molecule has 1 aliphatic carbocycles. The van der Waals surface area contributed by atoms with Crippen LogP contribution < -0.4 is 0 Å². The SMILES string of the molecule is CC1(C)c2ccccc2-c2cc(-c3nc(-n4c5ccccc5c5cc6ccccc6cc54)nc4ccc(-c5ccccc5)cc34)ccc21. The Hall–Kier alpha value is -6.06. The van der Waals surface area contributed by atoms with E-state index in [1.165, 1.54) is 49.4 Å². The minimum Gasteiger partial charge on any atom is -0.278 e. The number of para-hydroxylation sites is 1. The Morgan fingerprint density at radius 2 is 1.17 bits per heavy atom. The molecule has 0 spiro atoms. The molecule has 0 fully saturated rings. The fourth-order valence-electron chi connectivity index (χ4n) is 7.98. The van der Waals surface area contributed by atoms with Gasteiger partial charge >= 0.3 is 0 Å². The van der Waals surface area contributed by atoms with Crippen molar-refractivity contribution in [1.29, 1.82) is 0 Å². The van der Waals surface area contributed by atoms with E-state index in [0.29, 0.717) is 5.95 Å². The Morgan fingerprint density at radius 1 is 0.458 bits per heavy atom. The molecule has 48 heavy (non-hydrogen) atoms. The van der Waals surface area contributed by atoms with Crippen LogP contribution in [-0.2, 0) is 5.41 Å². The molecule has 0 N–H and O–H groups in total. The predicted octanol–water partition coefficient (Wildman–Crippen LogP) is 11.5. The number of hydrogen-bond donors (Lipinski definition) is 0. The highest BCUT2D eigenvalue weighted by molar-refractivity contribution is 6.13. The molecular formula is C45H31N3. The Labute approximate surface area is 278 Å². The largest absolute Gasteiger partial charge is 0.278 e. The van der Waals surface area contributed by atoms with E-state index in [0.717, 1.165) is 38.8 Å². The minimum atomic E-state index is -0.0599. The van der Waals surface area contributed by atoms with Gasteiger partial charge in [0.1, 0.15) is 0 Å². The average molecular weight is 614 g/mol. The topological polar surface area (TPSA) is 30.7 Å². The van der Waals surface area contributed by atoms with Crippen molar-refractivity contribution in [2.24, 2.45) is 0 Å². The smallest absolute Gasteiger partial charge is 0.235 e. The summed E-state index contributed by atoms with van der Waals surface area (Å²) in [5.74, 6) is 0.674. The standard InChI is InChI=1S/C45H31N3/c1-45(2)38-18-10-8-16-33(38)35-26-32(20-22-39(35)45)43-37-25-31(28-12-4-3-5-13-28)21-23-40(37)46-44(47-43)48-41-19-11-9-17-34(41)36-24-29-14-6-7-15-30(29)27-42(36)48/h3-27H,1-2H3. The van der Waals surface area contributed by atoms with Crippen LogP contribution in [-0.4, -0.2) is 14.5 Å². The van der Waals surface area contributed by atoms with Crippen molar-refractivity contribution in [2.75, 3.05) is 0 Å². The molecule has 226 valence electrons. The van der Waals surface area contributed by atoms with Crippen molar-refractivity contribution < 1.29 is 0 Å². The van der Waals surface area contributed by atoms with E-state index in [-0.39, 0.29) is 5.41 Å². The first-order valence-electron chi connectivity index (χ1n) is 16.6. The van der Waals surface area contributed by atoms with Crippen molar-refractivity contribution in [1.82, 2.24) is 14.5 Å². The van der Waals surface area contributed by atoms with E-state index in [9.17, 15) is 0 Å². The minimum absolute atomic E-state index is 0.0599. The van der Waals surface area contributed by atoms with Crippen LogP contribution in [0.4, 0.5) is 0 Å². The summed E-state index contributed by atoms with van der Waals surface area (Å²) in [6, 6.07) is 54.6. The van der Waals surface area contributed by atoms with Crippen LogP contribution in [0.25, 0.3) is 82.9 Å². The first kappa shape index (κ1) is 27.1. The zero-order valence-corrected chi connectivity index (χ0v) is 26.8. The lowest BCUT2D eigenvalue weighted by Gasteiger charge is -2.21. The van der Waals surface area contributed by atoms with Gasteiger partial charge in [0.2, 0.25) is 5.95 Å². The summed E-state index contributed by atoms with van der Waals surface area (Å²) in [4.78, 5) is 10.8. The van der Waals surface area contributed by atoms with E-state index in [1.807, 2.05) is 0 Å². The molecule has 0 amide bonds. The first-order valence-corrected chi connectivity index (χ1v) is 16.6. The lowest BCUT2D eigenvalue weighted by molar-refractivity contribution is 0.660. The predicted molar refractivity (Wildman–Crippen MR) is 200 cm³/mol. The third-order valence-corrected chi connectivity index (χ3v) is 10.4. The molecule has 3 nitrogen and oxygen atoms in total. The van der Waals surface area contributed by atoms with E-state index >= 15 is 0 Å². The molecule has 7 aromatic carbocycles. The molecular weight excluding hydrogens is 583 g/mol. The summed E-state index contributed by atoms with van der Waals surface area (Å²) in [5, 5.41) is 5.85. The fourth-order valence-corrected chi connectivity index (χ4v) is 7.98. The van der Waals surface area contributed by atoms with Crippen LogP contribution in [0.15, 0.2) is 152 Å². The molecule has 0 bridgehead atoms. The van der Waals surface area contributed by atoms with Gasteiger partial charge < -0.3 is 0 Å². The van der Waals surface area contributed by atoms with E-state index in [1.54, 1.807) is 0 Å². The molecule has 0 unspecified atom stereocenters. The maximum Gasteiger partial charge on any atom is 0.235 e. The van der Waals surface area contributed by atoms with Gasteiger partial charge in [0.15, 0.2) is 0 Å². The Morgan fingerprint density at radius 3 is 2.04 bits per heavy atom.